The van der Waals surface area contributed by atoms with Crippen LogP contribution in [0.1, 0.15) is 10.5 Å². The van der Waals surface area contributed by atoms with Gasteiger partial charge in [0.2, 0.25) is 0 Å². The molecule has 0 saturated carbocycles. The van der Waals surface area contributed by atoms with E-state index in [1.54, 1.807) is 6.20 Å². The van der Waals surface area contributed by atoms with E-state index in [0.717, 1.165) is 11.4 Å². The fraction of sp³-hybridized carbons (Fsp3) is 0.286. The van der Waals surface area contributed by atoms with Crippen LogP contribution in [0.4, 0.5) is 0 Å². The number of nitrogens with zero attached hydrogens (tertiary/aromatic N) is 1. The fourth-order valence-corrected chi connectivity index (χ4v) is 1.92. The second kappa shape index (κ2) is 2.75. The van der Waals surface area contributed by atoms with E-state index in [9.17, 15) is 0 Å². The van der Waals surface area contributed by atoms with Crippen molar-refractivity contribution < 1.29 is 4.74 Å². The quantitative estimate of drug-likeness (QED) is 0.681. The Morgan fingerprint density at radius 3 is 3.00 bits per heavy atom. The maximum atomic E-state index is 5.43. The Hall–Kier alpha value is -0.0900. The van der Waals surface area contributed by atoms with E-state index in [-0.39, 0.29) is 9.84 Å². The molecule has 2 rings (SSSR count). The number of fused-ring (bicyclic) bond motifs is 1. The van der Waals surface area contributed by atoms with Crippen LogP contribution >= 0.6 is 31.9 Å². The Morgan fingerprint density at radius 1 is 1.45 bits per heavy atom. The number of hydrogen-bond donors (Lipinski definition) is 0. The third-order valence-corrected chi connectivity index (χ3v) is 3.87. The summed E-state index contributed by atoms with van der Waals surface area (Å²) in [7, 11) is 0. The van der Waals surface area contributed by atoms with Crippen LogP contribution in [-0.2, 0) is 0 Å². The molecule has 1 aliphatic rings. The van der Waals surface area contributed by atoms with Crippen molar-refractivity contribution in [2.24, 2.45) is 0 Å². The van der Waals surface area contributed by atoms with Crippen LogP contribution in [0.2, 0.25) is 0 Å². The molecule has 0 saturated heterocycles. The number of aromatic nitrogens is 1. The lowest BCUT2D eigenvalue weighted by molar-refractivity contribution is 0.328. The zero-order valence-electron chi connectivity index (χ0n) is 5.50. The van der Waals surface area contributed by atoms with E-state index in [0.29, 0.717) is 0 Å². The Bertz CT molecular complexity index is 279. The summed E-state index contributed by atoms with van der Waals surface area (Å²) in [5.74, 6) is 0.858. The van der Waals surface area contributed by atoms with Crippen molar-refractivity contribution in [2.45, 2.75) is 9.84 Å². The molecule has 0 N–H and O–H groups in total. The molecule has 0 aliphatic carbocycles. The van der Waals surface area contributed by atoms with Crippen LogP contribution in [0, 0.1) is 0 Å². The van der Waals surface area contributed by atoms with Gasteiger partial charge in [-0.05, 0) is 28.1 Å². The summed E-state index contributed by atoms with van der Waals surface area (Å²) in [6, 6.07) is 3.78. The van der Waals surface area contributed by atoms with E-state index in [1.807, 2.05) is 12.1 Å². The highest BCUT2D eigenvalue weighted by molar-refractivity contribution is 9.12. The first-order chi connectivity index (χ1) is 5.29. The van der Waals surface area contributed by atoms with Gasteiger partial charge < -0.3 is 4.74 Å². The molecule has 58 valence electrons. The summed E-state index contributed by atoms with van der Waals surface area (Å²) < 4.78 is 5.43. The number of halogens is 2. The molecule has 2 nitrogen and oxygen atoms in total. The van der Waals surface area contributed by atoms with E-state index in [2.05, 4.69) is 36.8 Å². The third-order valence-electron chi connectivity index (χ3n) is 1.53. The molecular weight excluding hydrogens is 274 g/mol. The van der Waals surface area contributed by atoms with Gasteiger partial charge in [-0.1, -0.05) is 15.9 Å². The number of hydrogen-bond acceptors (Lipinski definition) is 2. The summed E-state index contributed by atoms with van der Waals surface area (Å²) in [5.41, 5.74) is 0.967. The zero-order chi connectivity index (χ0) is 7.84. The van der Waals surface area contributed by atoms with Gasteiger partial charge in [0.15, 0.2) is 5.01 Å². The molecule has 0 radical (unpaired) electrons. The smallest absolute Gasteiger partial charge is 0.171 e. The lowest BCUT2D eigenvalue weighted by Crippen LogP contribution is -2.04. The molecule has 0 fully saturated rings. The number of alkyl halides is 2. The van der Waals surface area contributed by atoms with Crippen molar-refractivity contribution in [2.75, 3.05) is 0 Å². The summed E-state index contributed by atoms with van der Waals surface area (Å²) in [6.07, 6.45) is 1.77. The molecule has 0 amide bonds. The predicted octanol–water partition coefficient (Wildman–Crippen LogP) is 2.63. The van der Waals surface area contributed by atoms with Gasteiger partial charge in [-0.15, -0.1) is 0 Å². The van der Waals surface area contributed by atoms with E-state index in [4.69, 9.17) is 4.74 Å². The van der Waals surface area contributed by atoms with E-state index in [1.165, 1.54) is 0 Å². The zero-order valence-corrected chi connectivity index (χ0v) is 8.67. The minimum atomic E-state index is 0.00685. The van der Waals surface area contributed by atoms with E-state index >= 15 is 0 Å². The molecule has 0 unspecified atom stereocenters. The predicted molar refractivity (Wildman–Crippen MR) is 49.2 cm³/mol. The van der Waals surface area contributed by atoms with Gasteiger partial charge >= 0.3 is 0 Å². The van der Waals surface area contributed by atoms with E-state index < -0.39 is 0 Å². The maximum absolute atomic E-state index is 5.43. The van der Waals surface area contributed by atoms with Crippen LogP contribution < -0.4 is 4.74 Å². The van der Waals surface area contributed by atoms with Crippen molar-refractivity contribution in [3.63, 3.8) is 0 Å². The molecule has 0 bridgehead atoms. The first kappa shape index (κ1) is 7.55. The van der Waals surface area contributed by atoms with Crippen molar-refractivity contribution in [3.8, 4) is 5.75 Å². The van der Waals surface area contributed by atoms with Crippen molar-refractivity contribution in [3.05, 3.63) is 24.0 Å². The SMILES string of the molecule is Br[C@H]1Oc2cccnc2[C@@H]1Br. The van der Waals surface area contributed by atoms with Gasteiger partial charge in [-0.2, -0.15) is 0 Å². The molecule has 2 atom stereocenters. The number of rotatable bonds is 0. The topological polar surface area (TPSA) is 22.1 Å². The average molecular weight is 279 g/mol. The Morgan fingerprint density at radius 2 is 2.27 bits per heavy atom. The van der Waals surface area contributed by atoms with Crippen LogP contribution in [0.5, 0.6) is 5.75 Å². The van der Waals surface area contributed by atoms with Gasteiger partial charge in [-0.25, -0.2) is 0 Å². The van der Waals surface area contributed by atoms with Crippen LogP contribution in [-0.4, -0.2) is 10.00 Å². The second-order valence-electron chi connectivity index (χ2n) is 2.26. The highest BCUT2D eigenvalue weighted by Gasteiger charge is 2.31. The Balaban J connectivity index is 2.47. The number of pyridine rings is 1. The largest absolute Gasteiger partial charge is 0.476 e. The van der Waals surface area contributed by atoms with Gasteiger partial charge in [0.05, 0.1) is 0 Å². The van der Waals surface area contributed by atoms with Gasteiger partial charge in [-0.3, -0.25) is 4.98 Å². The summed E-state index contributed by atoms with van der Waals surface area (Å²) in [6.45, 7) is 0. The summed E-state index contributed by atoms with van der Waals surface area (Å²) in [4.78, 5) is 4.35. The van der Waals surface area contributed by atoms with Gasteiger partial charge in [0.25, 0.3) is 0 Å². The summed E-state index contributed by atoms with van der Waals surface area (Å²) >= 11 is 6.84. The highest BCUT2D eigenvalue weighted by atomic mass is 79.9. The van der Waals surface area contributed by atoms with Crippen LogP contribution in [0.15, 0.2) is 18.3 Å². The molecule has 0 aromatic carbocycles. The van der Waals surface area contributed by atoms with Crippen molar-refractivity contribution >= 4 is 31.9 Å². The molecule has 0 spiro atoms. The van der Waals surface area contributed by atoms with Crippen LogP contribution in [0.25, 0.3) is 0 Å². The maximum Gasteiger partial charge on any atom is 0.171 e. The lowest BCUT2D eigenvalue weighted by atomic mass is 10.3. The van der Waals surface area contributed by atoms with Crippen LogP contribution in [0.3, 0.4) is 0 Å². The molecule has 1 aliphatic heterocycles. The molecule has 1 aromatic rings. The molecule has 4 heteroatoms. The summed E-state index contributed by atoms with van der Waals surface area (Å²) in [5, 5.41) is 0.00685. The van der Waals surface area contributed by atoms with Gasteiger partial charge in [0.1, 0.15) is 16.3 Å². The first-order valence-electron chi connectivity index (χ1n) is 3.19. The molecule has 2 heterocycles. The first-order valence-corrected chi connectivity index (χ1v) is 5.02. The van der Waals surface area contributed by atoms with Crippen molar-refractivity contribution in [1.82, 2.24) is 4.98 Å². The third kappa shape index (κ3) is 1.18. The Kier molecular flexibility index (Phi) is 1.89. The highest BCUT2D eigenvalue weighted by Crippen LogP contribution is 2.42. The van der Waals surface area contributed by atoms with Gasteiger partial charge in [0, 0.05) is 6.20 Å². The fourth-order valence-electron chi connectivity index (χ4n) is 1.01. The lowest BCUT2D eigenvalue weighted by Gasteiger charge is -2.02. The normalized spacial score (nSPS) is 27.8. The molecule has 11 heavy (non-hydrogen) atoms. The Labute approximate surface area is 81.2 Å². The van der Waals surface area contributed by atoms with Crippen molar-refractivity contribution in [1.29, 1.82) is 0 Å². The molecular formula is C7H5Br2NO. The second-order valence-corrected chi connectivity index (χ2v) is 4.15. The number of ether oxygens (including phenoxy) is 1. The average Bonchev–Trinajstić information content (AvgIpc) is 2.30. The molecule has 1 aromatic heterocycles. The minimum Gasteiger partial charge on any atom is -0.476 e. The standard InChI is InChI=1S/C7H5Br2NO/c8-5-6-4(11-7(5)9)2-1-3-10-6/h1-3,5,7H/t5-,7-/m0/s1. The minimum absolute atomic E-state index is 0.00685. The monoisotopic (exact) mass is 277 g/mol.